The van der Waals surface area contributed by atoms with Crippen molar-refractivity contribution < 1.29 is 9.18 Å². The first-order chi connectivity index (χ1) is 10.1. The van der Waals surface area contributed by atoms with E-state index in [0.29, 0.717) is 12.6 Å². The zero-order valence-corrected chi connectivity index (χ0v) is 14.4. The number of amides is 1. The number of hydrogen-bond acceptors (Lipinski definition) is 3. The number of piperidine rings is 1. The van der Waals surface area contributed by atoms with Crippen molar-refractivity contribution in [2.75, 3.05) is 18.8 Å². The maximum Gasteiger partial charge on any atom is 0.223 e. The van der Waals surface area contributed by atoms with Gasteiger partial charge in [-0.25, -0.2) is 4.39 Å². The summed E-state index contributed by atoms with van der Waals surface area (Å²) >= 11 is 1.69. The Balaban J connectivity index is 0.00000242. The lowest BCUT2D eigenvalue weighted by Crippen LogP contribution is -2.42. The molecule has 1 aromatic carbocycles. The van der Waals surface area contributed by atoms with Crippen molar-refractivity contribution >= 4 is 30.1 Å². The smallest absolute Gasteiger partial charge is 0.223 e. The van der Waals surface area contributed by atoms with E-state index in [9.17, 15) is 9.18 Å². The summed E-state index contributed by atoms with van der Waals surface area (Å²) in [6.45, 7) is 3.77. The van der Waals surface area contributed by atoms with Crippen LogP contribution in [0.25, 0.3) is 0 Å². The van der Waals surface area contributed by atoms with Gasteiger partial charge in [-0.1, -0.05) is 0 Å². The highest BCUT2D eigenvalue weighted by molar-refractivity contribution is 7.99. The molecule has 1 fully saturated rings. The van der Waals surface area contributed by atoms with Crippen molar-refractivity contribution in [2.24, 2.45) is 5.92 Å². The van der Waals surface area contributed by atoms with E-state index in [0.717, 1.165) is 36.5 Å². The molecule has 2 atom stereocenters. The molecule has 0 bridgehead atoms. The van der Waals surface area contributed by atoms with Gasteiger partial charge >= 0.3 is 0 Å². The number of benzene rings is 1. The van der Waals surface area contributed by atoms with Crippen LogP contribution in [0.4, 0.5) is 4.39 Å². The van der Waals surface area contributed by atoms with Crippen LogP contribution in [0.3, 0.4) is 0 Å². The Morgan fingerprint density at radius 1 is 1.41 bits per heavy atom. The minimum Gasteiger partial charge on any atom is -0.356 e. The molecule has 0 spiro atoms. The lowest BCUT2D eigenvalue weighted by Gasteiger charge is -2.27. The van der Waals surface area contributed by atoms with Gasteiger partial charge in [0.15, 0.2) is 0 Å². The van der Waals surface area contributed by atoms with E-state index in [1.165, 1.54) is 12.1 Å². The third kappa shape index (κ3) is 6.55. The molecule has 3 nitrogen and oxygen atoms in total. The minimum atomic E-state index is -0.206. The third-order valence-corrected chi connectivity index (χ3v) is 4.80. The molecule has 0 aromatic heterocycles. The van der Waals surface area contributed by atoms with E-state index in [2.05, 4.69) is 17.6 Å². The van der Waals surface area contributed by atoms with Crippen molar-refractivity contribution in [3.63, 3.8) is 0 Å². The number of thioether (sulfide) groups is 1. The number of halogens is 2. The minimum absolute atomic E-state index is 0. The molecule has 124 valence electrons. The van der Waals surface area contributed by atoms with Crippen LogP contribution in [0.5, 0.6) is 0 Å². The average molecular weight is 347 g/mol. The third-order valence-electron chi connectivity index (χ3n) is 3.70. The molecule has 0 unspecified atom stereocenters. The van der Waals surface area contributed by atoms with Crippen molar-refractivity contribution in [2.45, 2.75) is 37.1 Å². The second-order valence-corrected chi connectivity index (χ2v) is 6.69. The quantitative estimate of drug-likeness (QED) is 0.613. The lowest BCUT2D eigenvalue weighted by molar-refractivity contribution is -0.126. The number of rotatable bonds is 6. The number of nitrogens with one attached hydrogen (secondary N) is 2. The summed E-state index contributed by atoms with van der Waals surface area (Å²) in [4.78, 5) is 13.1. The average Bonchev–Trinajstić information content (AvgIpc) is 2.48. The Morgan fingerprint density at radius 2 is 2.14 bits per heavy atom. The Bertz CT molecular complexity index is 458. The zero-order chi connectivity index (χ0) is 15.1. The Kier molecular flexibility index (Phi) is 8.83. The van der Waals surface area contributed by atoms with Crippen molar-refractivity contribution in [1.82, 2.24) is 10.6 Å². The van der Waals surface area contributed by atoms with E-state index in [1.54, 1.807) is 23.9 Å². The van der Waals surface area contributed by atoms with Crippen LogP contribution in [0, 0.1) is 11.7 Å². The van der Waals surface area contributed by atoms with E-state index in [1.807, 2.05) is 0 Å². The van der Waals surface area contributed by atoms with Gasteiger partial charge in [0.2, 0.25) is 5.91 Å². The summed E-state index contributed by atoms with van der Waals surface area (Å²) < 4.78 is 12.8. The Hall–Kier alpha value is -0.780. The Morgan fingerprint density at radius 3 is 2.82 bits per heavy atom. The van der Waals surface area contributed by atoms with Crippen LogP contribution in [0.1, 0.15) is 26.2 Å². The van der Waals surface area contributed by atoms with Crippen molar-refractivity contribution in [3.8, 4) is 0 Å². The normalized spacial score (nSPS) is 21.0. The van der Waals surface area contributed by atoms with Crippen molar-refractivity contribution in [1.29, 1.82) is 0 Å². The largest absolute Gasteiger partial charge is 0.356 e. The maximum atomic E-state index is 12.8. The molecule has 0 radical (unpaired) electrons. The number of hydrogen-bond donors (Lipinski definition) is 2. The predicted molar refractivity (Wildman–Crippen MR) is 92.2 cm³/mol. The number of carbonyl (C=O) groups is 1. The van der Waals surface area contributed by atoms with Gasteiger partial charge in [-0.15, -0.1) is 24.2 Å². The van der Waals surface area contributed by atoms with Gasteiger partial charge in [-0.3, -0.25) is 4.79 Å². The molecule has 6 heteroatoms. The Labute approximate surface area is 142 Å². The molecule has 22 heavy (non-hydrogen) atoms. The highest BCUT2D eigenvalue weighted by Gasteiger charge is 2.24. The van der Waals surface area contributed by atoms with Crippen LogP contribution >= 0.6 is 24.2 Å². The topological polar surface area (TPSA) is 41.1 Å². The monoisotopic (exact) mass is 346 g/mol. The standard InChI is InChI=1S/C16H23FN2OS.ClH/c1-12-11-13(7-9-18-12)16(20)19-8-2-10-21-15-5-3-14(17)4-6-15;/h3-6,12-13,18H,2,7-11H2,1H3,(H,19,20);1H/t12-,13-;/m0./s1. The molecule has 0 aliphatic carbocycles. The molecule has 1 amide bonds. The van der Waals surface area contributed by atoms with Gasteiger partial charge in [0.05, 0.1) is 0 Å². The summed E-state index contributed by atoms with van der Waals surface area (Å²) in [5.74, 6) is 1.07. The highest BCUT2D eigenvalue weighted by atomic mass is 35.5. The molecule has 1 aliphatic heterocycles. The zero-order valence-electron chi connectivity index (χ0n) is 12.8. The van der Waals surface area contributed by atoms with E-state index >= 15 is 0 Å². The van der Waals surface area contributed by atoms with Gasteiger partial charge in [0, 0.05) is 23.4 Å². The molecule has 2 N–H and O–H groups in total. The highest BCUT2D eigenvalue weighted by Crippen LogP contribution is 2.19. The second kappa shape index (κ2) is 10.1. The van der Waals surface area contributed by atoms with Gasteiger partial charge in [-0.2, -0.15) is 0 Å². The SMILES string of the molecule is C[C@H]1C[C@@H](C(=O)NCCCSc2ccc(F)cc2)CCN1.Cl. The molecular formula is C16H24ClFN2OS. The summed E-state index contributed by atoms with van der Waals surface area (Å²) in [7, 11) is 0. The van der Waals surface area contributed by atoms with Crippen LogP contribution in [0.2, 0.25) is 0 Å². The van der Waals surface area contributed by atoms with E-state index in [-0.39, 0.29) is 30.0 Å². The second-order valence-electron chi connectivity index (χ2n) is 5.52. The maximum absolute atomic E-state index is 12.8. The van der Waals surface area contributed by atoms with Gasteiger partial charge in [0.1, 0.15) is 5.82 Å². The van der Waals surface area contributed by atoms with Gasteiger partial charge in [0.25, 0.3) is 0 Å². The first-order valence-corrected chi connectivity index (χ1v) is 8.53. The molecule has 1 heterocycles. The lowest BCUT2D eigenvalue weighted by atomic mass is 9.92. The summed E-state index contributed by atoms with van der Waals surface area (Å²) in [6, 6.07) is 6.96. The first kappa shape index (κ1) is 19.3. The fourth-order valence-electron chi connectivity index (χ4n) is 2.52. The molecule has 2 rings (SSSR count). The summed E-state index contributed by atoms with van der Waals surface area (Å²) in [5.41, 5.74) is 0. The molecular weight excluding hydrogens is 323 g/mol. The van der Waals surface area contributed by atoms with E-state index < -0.39 is 0 Å². The molecule has 1 saturated heterocycles. The molecule has 1 aliphatic rings. The molecule has 1 aromatic rings. The van der Waals surface area contributed by atoms with Crippen LogP contribution < -0.4 is 10.6 Å². The van der Waals surface area contributed by atoms with E-state index in [4.69, 9.17) is 0 Å². The predicted octanol–water partition coefficient (Wildman–Crippen LogP) is 3.23. The summed E-state index contributed by atoms with van der Waals surface area (Å²) in [6.07, 6.45) is 2.78. The van der Waals surface area contributed by atoms with Gasteiger partial charge in [-0.05, 0) is 62.7 Å². The fourth-order valence-corrected chi connectivity index (χ4v) is 3.37. The summed E-state index contributed by atoms with van der Waals surface area (Å²) in [5, 5.41) is 6.38. The van der Waals surface area contributed by atoms with Crippen LogP contribution in [-0.2, 0) is 4.79 Å². The van der Waals surface area contributed by atoms with Gasteiger partial charge < -0.3 is 10.6 Å². The van der Waals surface area contributed by atoms with Crippen LogP contribution in [0.15, 0.2) is 29.2 Å². The van der Waals surface area contributed by atoms with Crippen molar-refractivity contribution in [3.05, 3.63) is 30.1 Å². The number of carbonyl (C=O) groups excluding carboxylic acids is 1. The molecule has 0 saturated carbocycles. The first-order valence-electron chi connectivity index (χ1n) is 7.54. The fraction of sp³-hybridized carbons (Fsp3) is 0.562. The van der Waals surface area contributed by atoms with Crippen LogP contribution in [-0.4, -0.2) is 30.8 Å².